The van der Waals surface area contributed by atoms with Crippen molar-refractivity contribution < 1.29 is 4.74 Å². The van der Waals surface area contributed by atoms with E-state index in [1.165, 1.54) is 0 Å². The second-order valence-electron chi connectivity index (χ2n) is 6.40. The van der Waals surface area contributed by atoms with Gasteiger partial charge in [0.25, 0.3) is 0 Å². The predicted molar refractivity (Wildman–Crippen MR) is 83.9 cm³/mol. The number of morpholine rings is 1. The van der Waals surface area contributed by atoms with E-state index < -0.39 is 0 Å². The summed E-state index contributed by atoms with van der Waals surface area (Å²) in [6, 6.07) is 7.85. The summed E-state index contributed by atoms with van der Waals surface area (Å²) in [6.07, 6.45) is 0.214. The first-order valence-electron chi connectivity index (χ1n) is 7.34. The van der Waals surface area contributed by atoms with Crippen LogP contribution in [0.15, 0.2) is 24.3 Å². The molecule has 1 unspecified atom stereocenters. The molecule has 0 radical (unpaired) electrons. The van der Waals surface area contributed by atoms with Crippen LogP contribution < -0.4 is 5.73 Å². The van der Waals surface area contributed by atoms with Crippen molar-refractivity contribution in [1.29, 1.82) is 0 Å². The van der Waals surface area contributed by atoms with Crippen molar-refractivity contribution in [2.75, 3.05) is 18.8 Å². The van der Waals surface area contributed by atoms with E-state index >= 15 is 0 Å². The zero-order valence-corrected chi connectivity index (χ0v) is 12.8. The highest BCUT2D eigenvalue weighted by atomic mass is 16.5. The second-order valence-corrected chi connectivity index (χ2v) is 6.40. The Bertz CT molecular complexity index is 656. The number of para-hydroxylation sites is 1. The minimum Gasteiger partial charge on any atom is -0.383 e. The Balaban J connectivity index is 1.85. The van der Waals surface area contributed by atoms with Gasteiger partial charge < -0.3 is 10.5 Å². The summed E-state index contributed by atoms with van der Waals surface area (Å²) < 4.78 is 5.93. The third-order valence-corrected chi connectivity index (χ3v) is 3.68. The summed E-state index contributed by atoms with van der Waals surface area (Å²) in [5, 5.41) is 0.914. The van der Waals surface area contributed by atoms with Gasteiger partial charge in [-0.15, -0.1) is 0 Å². The van der Waals surface area contributed by atoms with Crippen LogP contribution in [0.3, 0.4) is 0 Å². The van der Waals surface area contributed by atoms with Crippen LogP contribution in [-0.4, -0.2) is 39.7 Å². The fourth-order valence-electron chi connectivity index (χ4n) is 3.13. The fraction of sp³-hybridized carbons (Fsp3) is 0.500. The standard InChI is InChI=1S/C16H22N4O/c1-11-8-20(10-16(2,3)21-11)9-14-18-13-7-5-4-6-12(13)15(17)19-14/h4-7,11H,8-10H2,1-3H3,(H2,17,18,19). The number of rotatable bonds is 2. The largest absolute Gasteiger partial charge is 0.383 e. The van der Waals surface area contributed by atoms with E-state index in [2.05, 4.69) is 35.6 Å². The topological polar surface area (TPSA) is 64.3 Å². The minimum absolute atomic E-state index is 0.139. The molecule has 112 valence electrons. The Morgan fingerprint density at radius 1 is 1.33 bits per heavy atom. The van der Waals surface area contributed by atoms with Crippen molar-refractivity contribution in [3.63, 3.8) is 0 Å². The fourth-order valence-corrected chi connectivity index (χ4v) is 3.13. The van der Waals surface area contributed by atoms with Gasteiger partial charge in [0, 0.05) is 18.5 Å². The molecule has 0 spiro atoms. The van der Waals surface area contributed by atoms with E-state index in [0.717, 1.165) is 29.8 Å². The highest BCUT2D eigenvalue weighted by Gasteiger charge is 2.31. The molecule has 2 aromatic rings. The molecule has 21 heavy (non-hydrogen) atoms. The summed E-state index contributed by atoms with van der Waals surface area (Å²) in [7, 11) is 0. The molecule has 5 heteroatoms. The molecule has 0 saturated carbocycles. The van der Waals surface area contributed by atoms with Gasteiger partial charge in [-0.2, -0.15) is 0 Å². The van der Waals surface area contributed by atoms with Gasteiger partial charge in [-0.1, -0.05) is 12.1 Å². The van der Waals surface area contributed by atoms with Gasteiger partial charge in [-0.3, -0.25) is 4.90 Å². The lowest BCUT2D eigenvalue weighted by Crippen LogP contribution is -2.51. The maximum atomic E-state index is 6.05. The SMILES string of the molecule is CC1CN(Cc2nc(N)c3ccccc3n2)CC(C)(C)O1. The number of benzene rings is 1. The van der Waals surface area contributed by atoms with Crippen molar-refractivity contribution in [3.8, 4) is 0 Å². The van der Waals surface area contributed by atoms with Crippen molar-refractivity contribution in [3.05, 3.63) is 30.1 Å². The van der Waals surface area contributed by atoms with E-state index in [1.807, 2.05) is 24.3 Å². The van der Waals surface area contributed by atoms with Crippen LogP contribution in [0.25, 0.3) is 10.9 Å². The lowest BCUT2D eigenvalue weighted by atomic mass is 10.1. The van der Waals surface area contributed by atoms with E-state index in [4.69, 9.17) is 10.5 Å². The first kappa shape index (κ1) is 14.2. The number of hydrogen-bond donors (Lipinski definition) is 1. The summed E-state index contributed by atoms with van der Waals surface area (Å²) in [4.78, 5) is 11.4. The van der Waals surface area contributed by atoms with Crippen LogP contribution >= 0.6 is 0 Å². The van der Waals surface area contributed by atoms with Crippen LogP contribution in [0.2, 0.25) is 0 Å². The summed E-state index contributed by atoms with van der Waals surface area (Å²) >= 11 is 0. The lowest BCUT2D eigenvalue weighted by molar-refractivity contribution is -0.131. The molecule has 1 atom stereocenters. The average Bonchev–Trinajstić information content (AvgIpc) is 2.36. The molecule has 2 heterocycles. The van der Waals surface area contributed by atoms with Crippen molar-refractivity contribution in [1.82, 2.24) is 14.9 Å². The lowest BCUT2D eigenvalue weighted by Gasteiger charge is -2.41. The maximum absolute atomic E-state index is 6.05. The average molecular weight is 286 g/mol. The first-order chi connectivity index (χ1) is 9.93. The Labute approximate surface area is 125 Å². The van der Waals surface area contributed by atoms with Gasteiger partial charge in [-0.05, 0) is 32.9 Å². The molecule has 1 aromatic carbocycles. The number of ether oxygens (including phenoxy) is 1. The van der Waals surface area contributed by atoms with Crippen LogP contribution in [0.4, 0.5) is 5.82 Å². The van der Waals surface area contributed by atoms with Crippen molar-refractivity contribution in [2.45, 2.75) is 39.0 Å². The van der Waals surface area contributed by atoms with Gasteiger partial charge in [-0.25, -0.2) is 9.97 Å². The third-order valence-electron chi connectivity index (χ3n) is 3.68. The van der Waals surface area contributed by atoms with E-state index in [1.54, 1.807) is 0 Å². The molecule has 1 aromatic heterocycles. The van der Waals surface area contributed by atoms with E-state index in [9.17, 15) is 0 Å². The van der Waals surface area contributed by atoms with E-state index in [-0.39, 0.29) is 11.7 Å². The molecule has 0 bridgehead atoms. The van der Waals surface area contributed by atoms with Crippen LogP contribution in [-0.2, 0) is 11.3 Å². The van der Waals surface area contributed by atoms with Crippen LogP contribution in [0.1, 0.15) is 26.6 Å². The van der Waals surface area contributed by atoms with Crippen molar-refractivity contribution in [2.24, 2.45) is 0 Å². The summed E-state index contributed by atoms with van der Waals surface area (Å²) in [6.45, 7) is 8.79. The number of anilines is 1. The quantitative estimate of drug-likeness (QED) is 0.917. The van der Waals surface area contributed by atoms with E-state index in [0.29, 0.717) is 12.4 Å². The molecule has 1 aliphatic heterocycles. The van der Waals surface area contributed by atoms with Crippen LogP contribution in [0, 0.1) is 0 Å². The normalized spacial score (nSPS) is 22.5. The molecule has 0 aliphatic carbocycles. The number of fused-ring (bicyclic) bond motifs is 1. The first-order valence-corrected chi connectivity index (χ1v) is 7.34. The Hall–Kier alpha value is -1.72. The predicted octanol–water partition coefficient (Wildman–Crippen LogP) is 2.21. The molecule has 1 saturated heterocycles. The van der Waals surface area contributed by atoms with Gasteiger partial charge in [0.05, 0.1) is 23.8 Å². The number of nitrogens with two attached hydrogens (primary N) is 1. The minimum atomic E-state index is -0.139. The number of nitrogen functional groups attached to an aromatic ring is 1. The van der Waals surface area contributed by atoms with Gasteiger partial charge in [0.2, 0.25) is 0 Å². The van der Waals surface area contributed by atoms with Gasteiger partial charge in [0.15, 0.2) is 0 Å². The highest BCUT2D eigenvalue weighted by Crippen LogP contribution is 2.23. The van der Waals surface area contributed by atoms with Crippen molar-refractivity contribution >= 4 is 16.7 Å². The third kappa shape index (κ3) is 3.14. The number of hydrogen-bond acceptors (Lipinski definition) is 5. The molecule has 1 aliphatic rings. The smallest absolute Gasteiger partial charge is 0.145 e. The maximum Gasteiger partial charge on any atom is 0.145 e. The van der Waals surface area contributed by atoms with Gasteiger partial charge >= 0.3 is 0 Å². The number of nitrogens with zero attached hydrogens (tertiary/aromatic N) is 3. The zero-order valence-electron chi connectivity index (χ0n) is 12.8. The zero-order chi connectivity index (χ0) is 15.0. The Morgan fingerprint density at radius 3 is 2.86 bits per heavy atom. The second kappa shape index (κ2) is 5.24. The Kier molecular flexibility index (Phi) is 3.55. The van der Waals surface area contributed by atoms with Crippen LogP contribution in [0.5, 0.6) is 0 Å². The molecule has 0 amide bonds. The molecular weight excluding hydrogens is 264 g/mol. The molecular formula is C16H22N4O. The Morgan fingerprint density at radius 2 is 2.10 bits per heavy atom. The molecule has 3 rings (SSSR count). The highest BCUT2D eigenvalue weighted by molar-refractivity contribution is 5.87. The molecule has 5 nitrogen and oxygen atoms in total. The molecule has 1 fully saturated rings. The summed E-state index contributed by atoms with van der Waals surface area (Å²) in [5.41, 5.74) is 6.81. The van der Waals surface area contributed by atoms with Gasteiger partial charge in [0.1, 0.15) is 11.6 Å². The molecule has 2 N–H and O–H groups in total. The monoisotopic (exact) mass is 286 g/mol. The number of aromatic nitrogens is 2. The summed E-state index contributed by atoms with van der Waals surface area (Å²) in [5.74, 6) is 1.33.